The van der Waals surface area contributed by atoms with Crippen molar-refractivity contribution in [3.63, 3.8) is 0 Å². The Morgan fingerprint density at radius 1 is 1.29 bits per heavy atom. The second-order valence-electron chi connectivity index (χ2n) is 6.36. The largest absolute Gasteiger partial charge is 0.494 e. The molecule has 0 aliphatic heterocycles. The molecule has 1 atom stereocenters. The topological polar surface area (TPSA) is 21.3 Å². The van der Waals surface area contributed by atoms with Crippen LogP contribution in [0, 0.1) is 5.41 Å². The quantitative estimate of drug-likeness (QED) is 0.701. The molecule has 2 rings (SSSR count). The maximum atomic E-state index is 5.60. The van der Waals surface area contributed by atoms with Crippen LogP contribution in [0.3, 0.4) is 0 Å². The van der Waals surface area contributed by atoms with Crippen molar-refractivity contribution < 1.29 is 4.74 Å². The maximum absolute atomic E-state index is 5.60. The van der Waals surface area contributed by atoms with Crippen molar-refractivity contribution in [3.8, 4) is 5.75 Å². The molecular weight excluding hydrogens is 326 g/mol. The zero-order valence-electron chi connectivity index (χ0n) is 13.5. The van der Waals surface area contributed by atoms with Crippen molar-refractivity contribution in [2.45, 2.75) is 58.9 Å². The molecule has 1 saturated carbocycles. The Morgan fingerprint density at radius 2 is 2.00 bits per heavy atom. The van der Waals surface area contributed by atoms with Crippen molar-refractivity contribution in [3.05, 3.63) is 28.2 Å². The lowest BCUT2D eigenvalue weighted by atomic mass is 9.77. The molecule has 2 nitrogen and oxygen atoms in total. The van der Waals surface area contributed by atoms with E-state index in [1.54, 1.807) is 0 Å². The normalized spacial score (nSPS) is 18.7. The SMILES string of the molecule is CCCNC(c1ccc(OCC)cc1Br)C1(C)CCCC1. The Kier molecular flexibility index (Phi) is 6.12. The van der Waals surface area contributed by atoms with Crippen LogP contribution < -0.4 is 10.1 Å². The lowest BCUT2D eigenvalue weighted by molar-refractivity contribution is 0.223. The van der Waals surface area contributed by atoms with Gasteiger partial charge < -0.3 is 10.1 Å². The molecule has 1 aromatic rings. The third-order valence-corrected chi connectivity index (χ3v) is 5.32. The number of nitrogens with one attached hydrogen (secondary N) is 1. The van der Waals surface area contributed by atoms with E-state index in [1.807, 2.05) is 6.92 Å². The molecule has 0 amide bonds. The van der Waals surface area contributed by atoms with Gasteiger partial charge in [-0.2, -0.15) is 0 Å². The van der Waals surface area contributed by atoms with E-state index in [0.29, 0.717) is 18.1 Å². The Balaban J connectivity index is 2.27. The number of hydrogen-bond acceptors (Lipinski definition) is 2. The zero-order valence-corrected chi connectivity index (χ0v) is 15.1. The Labute approximate surface area is 137 Å². The highest BCUT2D eigenvalue weighted by Gasteiger charge is 2.38. The fourth-order valence-corrected chi connectivity index (χ4v) is 4.08. The predicted octanol–water partition coefficient (Wildman–Crippen LogP) is 5.47. The van der Waals surface area contributed by atoms with Crippen LogP contribution in [-0.4, -0.2) is 13.2 Å². The molecule has 1 aliphatic rings. The van der Waals surface area contributed by atoms with Gasteiger partial charge in [0.1, 0.15) is 5.75 Å². The van der Waals surface area contributed by atoms with Gasteiger partial charge in [-0.3, -0.25) is 0 Å². The first-order chi connectivity index (χ1) is 10.1. The molecule has 0 saturated heterocycles. The van der Waals surface area contributed by atoms with Crippen molar-refractivity contribution in [1.82, 2.24) is 5.32 Å². The second-order valence-corrected chi connectivity index (χ2v) is 7.22. The van der Waals surface area contributed by atoms with Crippen molar-refractivity contribution in [2.75, 3.05) is 13.2 Å². The number of halogens is 1. The monoisotopic (exact) mass is 353 g/mol. The number of ether oxygens (including phenoxy) is 1. The van der Waals surface area contributed by atoms with Gasteiger partial charge >= 0.3 is 0 Å². The summed E-state index contributed by atoms with van der Waals surface area (Å²) in [5, 5.41) is 3.79. The van der Waals surface area contributed by atoms with Crippen molar-refractivity contribution >= 4 is 15.9 Å². The fourth-order valence-electron chi connectivity index (χ4n) is 3.49. The molecule has 118 valence electrons. The number of hydrogen-bond donors (Lipinski definition) is 1. The molecule has 1 aromatic carbocycles. The second kappa shape index (κ2) is 7.64. The van der Waals surface area contributed by atoms with Gasteiger partial charge in [0.05, 0.1) is 6.61 Å². The van der Waals surface area contributed by atoms with Gasteiger partial charge in [-0.15, -0.1) is 0 Å². The molecule has 0 bridgehead atoms. The molecule has 0 radical (unpaired) electrons. The molecule has 1 unspecified atom stereocenters. The highest BCUT2D eigenvalue weighted by atomic mass is 79.9. The number of rotatable bonds is 7. The van der Waals surface area contributed by atoms with Crippen LogP contribution in [0.25, 0.3) is 0 Å². The van der Waals surface area contributed by atoms with E-state index in [9.17, 15) is 0 Å². The molecule has 1 aliphatic carbocycles. The molecule has 0 spiro atoms. The fraction of sp³-hybridized carbons (Fsp3) is 0.667. The van der Waals surface area contributed by atoms with E-state index < -0.39 is 0 Å². The lowest BCUT2D eigenvalue weighted by Gasteiger charge is -2.36. The third-order valence-electron chi connectivity index (χ3n) is 4.64. The highest BCUT2D eigenvalue weighted by Crippen LogP contribution is 2.48. The van der Waals surface area contributed by atoms with Gasteiger partial charge in [0.15, 0.2) is 0 Å². The minimum Gasteiger partial charge on any atom is -0.494 e. The molecular formula is C18H28BrNO. The van der Waals surface area contributed by atoms with E-state index in [1.165, 1.54) is 37.7 Å². The van der Waals surface area contributed by atoms with Crippen LogP contribution in [0.4, 0.5) is 0 Å². The van der Waals surface area contributed by atoms with Gasteiger partial charge in [0, 0.05) is 10.5 Å². The highest BCUT2D eigenvalue weighted by molar-refractivity contribution is 9.10. The van der Waals surface area contributed by atoms with Crippen LogP contribution >= 0.6 is 15.9 Å². The van der Waals surface area contributed by atoms with Crippen LogP contribution in [0.2, 0.25) is 0 Å². The van der Waals surface area contributed by atoms with Gasteiger partial charge in [0.25, 0.3) is 0 Å². The van der Waals surface area contributed by atoms with E-state index in [4.69, 9.17) is 4.74 Å². The molecule has 3 heteroatoms. The van der Waals surface area contributed by atoms with E-state index in [-0.39, 0.29) is 0 Å². The molecule has 21 heavy (non-hydrogen) atoms. The zero-order chi connectivity index (χ0) is 15.3. The first-order valence-electron chi connectivity index (χ1n) is 8.26. The summed E-state index contributed by atoms with van der Waals surface area (Å²) in [4.78, 5) is 0. The Morgan fingerprint density at radius 3 is 2.57 bits per heavy atom. The summed E-state index contributed by atoms with van der Waals surface area (Å²) in [5.41, 5.74) is 1.74. The van der Waals surface area contributed by atoms with Crippen LogP contribution in [0.1, 0.15) is 64.5 Å². The van der Waals surface area contributed by atoms with Gasteiger partial charge in [-0.25, -0.2) is 0 Å². The molecule has 0 heterocycles. The maximum Gasteiger partial charge on any atom is 0.120 e. The van der Waals surface area contributed by atoms with Crippen molar-refractivity contribution in [1.29, 1.82) is 0 Å². The van der Waals surface area contributed by atoms with Crippen LogP contribution in [0.15, 0.2) is 22.7 Å². The van der Waals surface area contributed by atoms with Gasteiger partial charge in [-0.05, 0) is 55.8 Å². The van der Waals surface area contributed by atoms with Crippen LogP contribution in [-0.2, 0) is 0 Å². The van der Waals surface area contributed by atoms with Crippen LogP contribution in [0.5, 0.6) is 5.75 Å². The average Bonchev–Trinajstić information content (AvgIpc) is 2.89. The minimum absolute atomic E-state index is 0.366. The lowest BCUT2D eigenvalue weighted by Crippen LogP contribution is -2.35. The van der Waals surface area contributed by atoms with E-state index in [0.717, 1.165) is 16.8 Å². The smallest absolute Gasteiger partial charge is 0.120 e. The summed E-state index contributed by atoms with van der Waals surface area (Å²) in [7, 11) is 0. The molecule has 0 aromatic heterocycles. The Hall–Kier alpha value is -0.540. The summed E-state index contributed by atoms with van der Waals surface area (Å²) in [6.07, 6.45) is 6.51. The molecule has 1 N–H and O–H groups in total. The summed E-state index contributed by atoms with van der Waals surface area (Å²) in [5.74, 6) is 0.943. The summed E-state index contributed by atoms with van der Waals surface area (Å²) in [6, 6.07) is 6.86. The van der Waals surface area contributed by atoms with E-state index in [2.05, 4.69) is 53.3 Å². The van der Waals surface area contributed by atoms with E-state index >= 15 is 0 Å². The first kappa shape index (κ1) is 16.8. The standard InChI is InChI=1S/C18H28BrNO/c1-4-12-20-17(18(3)10-6-7-11-18)15-9-8-14(21-5-2)13-16(15)19/h8-9,13,17,20H,4-7,10-12H2,1-3H3. The summed E-state index contributed by atoms with van der Waals surface area (Å²) < 4.78 is 6.76. The first-order valence-corrected chi connectivity index (χ1v) is 9.05. The summed E-state index contributed by atoms with van der Waals surface area (Å²) >= 11 is 3.76. The predicted molar refractivity (Wildman–Crippen MR) is 92.9 cm³/mol. The average molecular weight is 354 g/mol. The third kappa shape index (κ3) is 4.01. The van der Waals surface area contributed by atoms with Gasteiger partial charge in [-0.1, -0.05) is 48.7 Å². The number of benzene rings is 1. The molecule has 1 fully saturated rings. The van der Waals surface area contributed by atoms with Crippen molar-refractivity contribution in [2.24, 2.45) is 5.41 Å². The van der Waals surface area contributed by atoms with Gasteiger partial charge in [0.2, 0.25) is 0 Å². The summed E-state index contributed by atoms with van der Waals surface area (Å²) in [6.45, 7) is 8.47. The minimum atomic E-state index is 0.366. The Bertz CT molecular complexity index is 455.